The van der Waals surface area contributed by atoms with E-state index in [9.17, 15) is 4.79 Å². The number of hydrogen-bond donors (Lipinski definition) is 1. The Morgan fingerprint density at radius 1 is 1.25 bits per heavy atom. The van der Waals surface area contributed by atoms with Gasteiger partial charge in [-0.2, -0.15) is 0 Å². The maximum Gasteiger partial charge on any atom is 0.311 e. The average Bonchev–Trinajstić information content (AvgIpc) is 3.24. The first-order valence-electron chi connectivity index (χ1n) is 10.6. The summed E-state index contributed by atoms with van der Waals surface area (Å²) in [6, 6.07) is 5.98. The average molecular weight is 383 g/mol. The molecule has 0 spiro atoms. The minimum atomic E-state index is -0.0924. The molecule has 2 aliphatic heterocycles. The van der Waals surface area contributed by atoms with Crippen molar-refractivity contribution in [2.75, 3.05) is 13.3 Å². The summed E-state index contributed by atoms with van der Waals surface area (Å²) in [7, 11) is 0. The van der Waals surface area contributed by atoms with Crippen LogP contribution in [0.15, 0.2) is 29.8 Å². The molecule has 5 rings (SSSR count). The van der Waals surface area contributed by atoms with Gasteiger partial charge < -0.3 is 19.5 Å². The van der Waals surface area contributed by atoms with Crippen LogP contribution in [0.5, 0.6) is 11.5 Å². The molecule has 5 heteroatoms. The van der Waals surface area contributed by atoms with E-state index in [4.69, 9.17) is 14.2 Å². The molecule has 0 aromatic heterocycles. The van der Waals surface area contributed by atoms with Crippen molar-refractivity contribution in [2.45, 2.75) is 52.2 Å². The summed E-state index contributed by atoms with van der Waals surface area (Å²) in [5, 5.41) is 3.46. The third-order valence-electron chi connectivity index (χ3n) is 7.21. The first kappa shape index (κ1) is 18.0. The number of esters is 1. The van der Waals surface area contributed by atoms with Crippen molar-refractivity contribution in [2.24, 2.45) is 23.2 Å². The molecule has 1 saturated heterocycles. The quantitative estimate of drug-likeness (QED) is 0.633. The van der Waals surface area contributed by atoms with Crippen LogP contribution in [-0.4, -0.2) is 25.4 Å². The van der Waals surface area contributed by atoms with Gasteiger partial charge in [-0.15, -0.1) is 0 Å². The van der Waals surface area contributed by atoms with E-state index in [0.717, 1.165) is 23.5 Å². The van der Waals surface area contributed by atoms with Crippen LogP contribution in [-0.2, 0) is 16.1 Å². The number of benzene rings is 1. The molecule has 1 aromatic carbocycles. The molecule has 1 saturated carbocycles. The van der Waals surface area contributed by atoms with E-state index in [-0.39, 0.29) is 36.1 Å². The maximum atomic E-state index is 12.6. The normalized spacial score (nSPS) is 35.8. The Hall–Kier alpha value is -2.01. The molecule has 1 aromatic rings. The smallest absolute Gasteiger partial charge is 0.311 e. The molecule has 2 aliphatic carbocycles. The molecule has 0 amide bonds. The van der Waals surface area contributed by atoms with Gasteiger partial charge in [0.05, 0.1) is 5.92 Å². The van der Waals surface area contributed by atoms with Gasteiger partial charge in [0.15, 0.2) is 11.5 Å². The number of carbonyl (C=O) groups is 1. The highest BCUT2D eigenvalue weighted by atomic mass is 16.7. The molecule has 1 N–H and O–H groups in total. The van der Waals surface area contributed by atoms with Gasteiger partial charge in [-0.3, -0.25) is 4.79 Å². The Morgan fingerprint density at radius 3 is 3.00 bits per heavy atom. The standard InChI is InChI=1S/C23H29NO4/c1-14-4-3-7-23(2)10-21-16(9-18(14)23)17(22(25)28-21)12-24-11-15-5-6-19-20(8-15)27-13-26-19/h5-6,8-9,14,16-17,21,24H,3-4,7,10-13H2,1-2H3/t14-,16+,17-,21-,23+/m1/s1. The number of fused-ring (bicyclic) bond motifs is 3. The van der Waals surface area contributed by atoms with Gasteiger partial charge in [0.1, 0.15) is 6.10 Å². The molecule has 150 valence electrons. The van der Waals surface area contributed by atoms with Crippen LogP contribution in [0.3, 0.4) is 0 Å². The second-order valence-corrected chi connectivity index (χ2v) is 9.16. The second-order valence-electron chi connectivity index (χ2n) is 9.16. The van der Waals surface area contributed by atoms with Crippen molar-refractivity contribution < 1.29 is 19.0 Å². The van der Waals surface area contributed by atoms with E-state index >= 15 is 0 Å². The zero-order valence-electron chi connectivity index (χ0n) is 16.7. The maximum absolute atomic E-state index is 12.6. The number of nitrogens with one attached hydrogen (secondary N) is 1. The summed E-state index contributed by atoms with van der Waals surface area (Å²) in [6.45, 7) is 6.33. The van der Waals surface area contributed by atoms with Crippen LogP contribution in [0.25, 0.3) is 0 Å². The fraction of sp³-hybridized carbons (Fsp3) is 0.609. The van der Waals surface area contributed by atoms with Gasteiger partial charge in [0.25, 0.3) is 0 Å². The molecule has 0 unspecified atom stereocenters. The van der Waals surface area contributed by atoms with Gasteiger partial charge in [-0.05, 0) is 48.3 Å². The van der Waals surface area contributed by atoms with Crippen LogP contribution >= 0.6 is 0 Å². The van der Waals surface area contributed by atoms with Gasteiger partial charge in [-0.25, -0.2) is 0 Å². The van der Waals surface area contributed by atoms with E-state index in [1.165, 1.54) is 19.3 Å². The number of hydrogen-bond acceptors (Lipinski definition) is 5. The highest BCUT2D eigenvalue weighted by Crippen LogP contribution is 2.53. The van der Waals surface area contributed by atoms with Gasteiger partial charge in [0.2, 0.25) is 6.79 Å². The van der Waals surface area contributed by atoms with Crippen LogP contribution in [0, 0.1) is 23.2 Å². The van der Waals surface area contributed by atoms with Crippen molar-refractivity contribution in [3.8, 4) is 11.5 Å². The highest BCUT2D eigenvalue weighted by molar-refractivity contribution is 5.76. The summed E-state index contributed by atoms with van der Waals surface area (Å²) in [4.78, 5) is 12.6. The van der Waals surface area contributed by atoms with E-state index in [1.54, 1.807) is 5.57 Å². The van der Waals surface area contributed by atoms with Gasteiger partial charge in [0, 0.05) is 19.0 Å². The Bertz CT molecular complexity index is 819. The predicted molar refractivity (Wildman–Crippen MR) is 105 cm³/mol. The fourth-order valence-corrected chi connectivity index (χ4v) is 5.70. The second kappa shape index (κ2) is 6.80. The Labute approximate surface area is 166 Å². The van der Waals surface area contributed by atoms with Crippen molar-refractivity contribution in [1.29, 1.82) is 0 Å². The zero-order chi connectivity index (χ0) is 19.3. The summed E-state index contributed by atoms with van der Waals surface area (Å²) >= 11 is 0. The first-order chi connectivity index (χ1) is 13.5. The summed E-state index contributed by atoms with van der Waals surface area (Å²) < 4.78 is 16.6. The molecular weight excluding hydrogens is 354 g/mol. The molecule has 28 heavy (non-hydrogen) atoms. The molecule has 0 bridgehead atoms. The highest BCUT2D eigenvalue weighted by Gasteiger charge is 2.51. The van der Waals surface area contributed by atoms with Crippen LogP contribution < -0.4 is 14.8 Å². The third kappa shape index (κ3) is 3.00. The van der Waals surface area contributed by atoms with Gasteiger partial charge >= 0.3 is 5.97 Å². The lowest BCUT2D eigenvalue weighted by Crippen LogP contribution is -2.40. The van der Waals surface area contributed by atoms with Crippen molar-refractivity contribution in [1.82, 2.24) is 5.32 Å². The minimum absolute atomic E-state index is 0.0417. The third-order valence-corrected chi connectivity index (χ3v) is 7.21. The van der Waals surface area contributed by atoms with Gasteiger partial charge in [-0.1, -0.05) is 38.0 Å². The summed E-state index contributed by atoms with van der Waals surface area (Å²) in [5.74, 6) is 2.29. The van der Waals surface area contributed by atoms with Crippen LogP contribution in [0.1, 0.15) is 45.1 Å². The van der Waals surface area contributed by atoms with E-state index in [1.807, 2.05) is 18.2 Å². The first-order valence-corrected chi connectivity index (χ1v) is 10.6. The fourth-order valence-electron chi connectivity index (χ4n) is 5.70. The molecular formula is C23H29NO4. The lowest BCUT2D eigenvalue weighted by molar-refractivity contribution is -0.145. The lowest BCUT2D eigenvalue weighted by Gasteiger charge is -2.46. The Morgan fingerprint density at radius 2 is 2.11 bits per heavy atom. The Kier molecular flexibility index (Phi) is 4.38. The molecule has 5 nitrogen and oxygen atoms in total. The van der Waals surface area contributed by atoms with Crippen LogP contribution in [0.4, 0.5) is 0 Å². The largest absolute Gasteiger partial charge is 0.461 e. The Balaban J connectivity index is 1.27. The lowest BCUT2D eigenvalue weighted by atomic mass is 9.59. The summed E-state index contributed by atoms with van der Waals surface area (Å²) in [6.07, 6.45) is 7.20. The van der Waals surface area contributed by atoms with E-state index < -0.39 is 0 Å². The molecule has 5 atom stereocenters. The van der Waals surface area contributed by atoms with Crippen molar-refractivity contribution in [3.05, 3.63) is 35.4 Å². The molecule has 2 heterocycles. The number of ether oxygens (including phenoxy) is 3. The van der Waals surface area contributed by atoms with Crippen molar-refractivity contribution >= 4 is 5.97 Å². The molecule has 4 aliphatic rings. The van der Waals surface area contributed by atoms with Crippen molar-refractivity contribution in [3.63, 3.8) is 0 Å². The number of rotatable bonds is 4. The summed E-state index contributed by atoms with van der Waals surface area (Å²) in [5.41, 5.74) is 2.91. The molecule has 2 fully saturated rings. The predicted octanol–water partition coefficient (Wildman–Crippen LogP) is 3.82. The topological polar surface area (TPSA) is 56.8 Å². The molecule has 0 radical (unpaired) electrons. The number of allylic oxidation sites excluding steroid dienone is 1. The number of carbonyl (C=O) groups excluding carboxylic acids is 1. The SMILES string of the molecule is C[C@@H]1CCC[C@@]2(C)C[C@H]3OC(=O)[C@H](CNCc4ccc5c(c4)OCO5)[C@@H]3C=C12. The minimum Gasteiger partial charge on any atom is -0.461 e. The van der Waals surface area contributed by atoms with E-state index in [0.29, 0.717) is 19.0 Å². The van der Waals surface area contributed by atoms with E-state index in [2.05, 4.69) is 25.2 Å². The monoisotopic (exact) mass is 383 g/mol. The van der Waals surface area contributed by atoms with Crippen LogP contribution in [0.2, 0.25) is 0 Å². The zero-order valence-corrected chi connectivity index (χ0v) is 16.7.